The van der Waals surface area contributed by atoms with Crippen LogP contribution in [0.3, 0.4) is 0 Å². The number of nitrogens with zero attached hydrogens (tertiary/aromatic N) is 1. The first-order valence-electron chi connectivity index (χ1n) is 4.92. The van der Waals surface area contributed by atoms with Crippen LogP contribution in [0.1, 0.15) is 18.4 Å². The molecule has 74 valence electrons. The van der Waals surface area contributed by atoms with E-state index in [1.54, 1.807) is 11.3 Å². The summed E-state index contributed by atoms with van der Waals surface area (Å²) in [5.74, 6) is 0. The van der Waals surface area contributed by atoms with E-state index in [4.69, 9.17) is 5.73 Å². The molecule has 1 heterocycles. The first kappa shape index (κ1) is 9.62. The summed E-state index contributed by atoms with van der Waals surface area (Å²) in [7, 11) is 0. The summed E-state index contributed by atoms with van der Waals surface area (Å²) in [6.07, 6.45) is 3.42. The Labute approximate surface area is 87.8 Å². The number of hydrogen-bond acceptors (Lipinski definition) is 3. The van der Waals surface area contributed by atoms with Crippen LogP contribution in [0.25, 0.3) is 10.2 Å². The van der Waals surface area contributed by atoms with Gasteiger partial charge in [0.05, 0.1) is 15.7 Å². The van der Waals surface area contributed by atoms with E-state index < -0.39 is 0 Å². The van der Waals surface area contributed by atoms with Crippen molar-refractivity contribution in [2.75, 3.05) is 6.54 Å². The van der Waals surface area contributed by atoms with Gasteiger partial charge in [-0.15, -0.1) is 11.3 Å². The molecule has 2 N–H and O–H groups in total. The summed E-state index contributed by atoms with van der Waals surface area (Å²) in [4.78, 5) is 4.25. The van der Waals surface area contributed by atoms with Crippen molar-refractivity contribution < 1.29 is 0 Å². The van der Waals surface area contributed by atoms with Gasteiger partial charge < -0.3 is 5.73 Å². The highest BCUT2D eigenvalue weighted by Crippen LogP contribution is 2.19. The Hall–Kier alpha value is -0.930. The highest BCUT2D eigenvalue weighted by atomic mass is 32.1. The molecule has 0 spiro atoms. The van der Waals surface area contributed by atoms with Crippen molar-refractivity contribution >= 4 is 21.6 Å². The molecule has 0 saturated heterocycles. The number of hydrogen-bond donors (Lipinski definition) is 1. The van der Waals surface area contributed by atoms with E-state index in [1.807, 2.05) is 5.51 Å². The third kappa shape index (κ3) is 2.11. The van der Waals surface area contributed by atoms with Crippen LogP contribution in [0, 0.1) is 0 Å². The van der Waals surface area contributed by atoms with Gasteiger partial charge in [-0.05, 0) is 43.5 Å². The fourth-order valence-electron chi connectivity index (χ4n) is 1.53. The number of thiazole rings is 1. The van der Waals surface area contributed by atoms with Crippen LogP contribution in [0.4, 0.5) is 0 Å². The molecule has 14 heavy (non-hydrogen) atoms. The van der Waals surface area contributed by atoms with Crippen molar-refractivity contribution in [2.45, 2.75) is 19.3 Å². The van der Waals surface area contributed by atoms with Crippen LogP contribution in [-0.4, -0.2) is 11.5 Å². The number of nitrogens with two attached hydrogens (primary N) is 1. The van der Waals surface area contributed by atoms with Gasteiger partial charge in [-0.3, -0.25) is 0 Å². The Morgan fingerprint density at radius 1 is 1.29 bits per heavy atom. The maximum atomic E-state index is 5.46. The second kappa shape index (κ2) is 4.53. The van der Waals surface area contributed by atoms with Gasteiger partial charge in [0.25, 0.3) is 0 Å². The summed E-state index contributed by atoms with van der Waals surface area (Å²) in [6, 6.07) is 6.51. The van der Waals surface area contributed by atoms with Gasteiger partial charge in [-0.1, -0.05) is 6.07 Å². The van der Waals surface area contributed by atoms with Crippen molar-refractivity contribution in [2.24, 2.45) is 5.73 Å². The number of aromatic nitrogens is 1. The second-order valence-corrected chi connectivity index (χ2v) is 4.29. The molecule has 0 unspecified atom stereocenters. The van der Waals surface area contributed by atoms with Gasteiger partial charge in [-0.2, -0.15) is 0 Å². The summed E-state index contributed by atoms with van der Waals surface area (Å²) in [6.45, 7) is 0.794. The standard InChI is InChI=1S/C11H14N2S/c12-6-2-1-3-9-4-5-10-11(7-9)14-8-13-10/h4-5,7-8H,1-3,6,12H2. The minimum Gasteiger partial charge on any atom is -0.330 e. The van der Waals surface area contributed by atoms with Gasteiger partial charge in [0.15, 0.2) is 0 Å². The fourth-order valence-corrected chi connectivity index (χ4v) is 2.27. The number of unbranched alkanes of at least 4 members (excludes halogenated alkanes) is 1. The van der Waals surface area contributed by atoms with E-state index in [9.17, 15) is 0 Å². The highest BCUT2D eigenvalue weighted by Gasteiger charge is 1.98. The minimum atomic E-state index is 0.794. The molecule has 0 fully saturated rings. The lowest BCUT2D eigenvalue weighted by molar-refractivity contribution is 0.745. The van der Waals surface area contributed by atoms with Crippen molar-refractivity contribution in [3.8, 4) is 0 Å². The molecule has 2 nitrogen and oxygen atoms in total. The van der Waals surface area contributed by atoms with Crippen LogP contribution in [0.15, 0.2) is 23.7 Å². The topological polar surface area (TPSA) is 38.9 Å². The average molecular weight is 206 g/mol. The van der Waals surface area contributed by atoms with E-state index in [-0.39, 0.29) is 0 Å². The molecule has 0 amide bonds. The smallest absolute Gasteiger partial charge is 0.0812 e. The normalized spacial score (nSPS) is 10.9. The van der Waals surface area contributed by atoms with Gasteiger partial charge in [0, 0.05) is 0 Å². The minimum absolute atomic E-state index is 0.794. The molecule has 2 rings (SSSR count). The van der Waals surface area contributed by atoms with Crippen LogP contribution in [0.2, 0.25) is 0 Å². The third-order valence-corrected chi connectivity index (χ3v) is 3.11. The lowest BCUT2D eigenvalue weighted by Gasteiger charge is -1.99. The molecular formula is C11H14N2S. The zero-order valence-electron chi connectivity index (χ0n) is 8.07. The Balaban J connectivity index is 2.10. The van der Waals surface area contributed by atoms with Gasteiger partial charge in [-0.25, -0.2) is 4.98 Å². The quantitative estimate of drug-likeness (QED) is 0.781. The van der Waals surface area contributed by atoms with E-state index in [0.717, 1.165) is 24.9 Å². The first-order valence-corrected chi connectivity index (χ1v) is 5.80. The third-order valence-electron chi connectivity index (χ3n) is 2.32. The van der Waals surface area contributed by atoms with E-state index in [1.165, 1.54) is 16.7 Å². The molecule has 0 aliphatic heterocycles. The molecule has 0 bridgehead atoms. The number of aryl methyl sites for hydroxylation is 1. The largest absolute Gasteiger partial charge is 0.330 e. The van der Waals surface area contributed by atoms with E-state index in [2.05, 4.69) is 23.2 Å². The first-order chi connectivity index (χ1) is 6.90. The lowest BCUT2D eigenvalue weighted by atomic mass is 10.1. The maximum absolute atomic E-state index is 5.46. The van der Waals surface area contributed by atoms with Crippen molar-refractivity contribution in [1.82, 2.24) is 4.98 Å². The lowest BCUT2D eigenvalue weighted by Crippen LogP contribution is -1.98. The second-order valence-electron chi connectivity index (χ2n) is 3.40. The number of benzene rings is 1. The zero-order valence-corrected chi connectivity index (χ0v) is 8.89. The Bertz CT molecular complexity index is 408. The monoisotopic (exact) mass is 206 g/mol. The predicted molar refractivity (Wildman–Crippen MR) is 61.6 cm³/mol. The van der Waals surface area contributed by atoms with Crippen molar-refractivity contribution in [3.05, 3.63) is 29.3 Å². The molecule has 0 radical (unpaired) electrons. The molecule has 3 heteroatoms. The molecule has 1 aromatic carbocycles. The number of fused-ring (bicyclic) bond motifs is 1. The molecule has 2 aromatic rings. The Morgan fingerprint density at radius 2 is 2.21 bits per heavy atom. The van der Waals surface area contributed by atoms with Gasteiger partial charge >= 0.3 is 0 Å². The highest BCUT2D eigenvalue weighted by molar-refractivity contribution is 7.16. The maximum Gasteiger partial charge on any atom is 0.0812 e. The van der Waals surface area contributed by atoms with Gasteiger partial charge in [0.1, 0.15) is 0 Å². The molecule has 0 aliphatic rings. The zero-order chi connectivity index (χ0) is 9.80. The Morgan fingerprint density at radius 3 is 3.07 bits per heavy atom. The average Bonchev–Trinajstić information content (AvgIpc) is 2.65. The van der Waals surface area contributed by atoms with Crippen molar-refractivity contribution in [3.63, 3.8) is 0 Å². The summed E-state index contributed by atoms with van der Waals surface area (Å²) >= 11 is 1.70. The molecule has 0 aliphatic carbocycles. The van der Waals surface area contributed by atoms with Crippen LogP contribution in [0.5, 0.6) is 0 Å². The van der Waals surface area contributed by atoms with Gasteiger partial charge in [0.2, 0.25) is 0 Å². The summed E-state index contributed by atoms with van der Waals surface area (Å²) < 4.78 is 1.29. The van der Waals surface area contributed by atoms with Crippen LogP contribution >= 0.6 is 11.3 Å². The summed E-state index contributed by atoms with van der Waals surface area (Å²) in [5.41, 5.74) is 9.86. The molecule has 0 saturated carbocycles. The molecular weight excluding hydrogens is 192 g/mol. The van der Waals surface area contributed by atoms with Crippen molar-refractivity contribution in [1.29, 1.82) is 0 Å². The molecule has 1 aromatic heterocycles. The van der Waals surface area contributed by atoms with Crippen LogP contribution < -0.4 is 5.73 Å². The predicted octanol–water partition coefficient (Wildman–Crippen LogP) is 2.58. The summed E-state index contributed by atoms with van der Waals surface area (Å²) in [5, 5.41) is 0. The Kier molecular flexibility index (Phi) is 3.11. The van der Waals surface area contributed by atoms with Crippen LogP contribution in [-0.2, 0) is 6.42 Å². The number of rotatable bonds is 4. The fraction of sp³-hybridized carbons (Fsp3) is 0.364. The van der Waals surface area contributed by atoms with E-state index >= 15 is 0 Å². The van der Waals surface area contributed by atoms with E-state index in [0.29, 0.717) is 0 Å². The SMILES string of the molecule is NCCCCc1ccc2ncsc2c1. The molecule has 0 atom stereocenters.